The van der Waals surface area contributed by atoms with Crippen LogP contribution in [0.15, 0.2) is 22.7 Å². The van der Waals surface area contributed by atoms with E-state index in [1.807, 2.05) is 18.2 Å². The molecule has 0 bridgehead atoms. The summed E-state index contributed by atoms with van der Waals surface area (Å²) in [5.41, 5.74) is 1.89. The molecule has 1 aliphatic rings. The molecule has 0 fully saturated rings. The monoisotopic (exact) mass is 229 g/mol. The fraction of sp³-hybridized carbons (Fsp3) is 0.333. The molecule has 1 nitrogen and oxygen atoms in total. The Morgan fingerprint density at radius 3 is 3.17 bits per heavy atom. The van der Waals surface area contributed by atoms with Crippen molar-refractivity contribution in [2.24, 2.45) is 0 Å². The van der Waals surface area contributed by atoms with E-state index < -0.39 is 6.17 Å². The van der Waals surface area contributed by atoms with E-state index >= 15 is 0 Å². The third-order valence-electron chi connectivity index (χ3n) is 2.08. The summed E-state index contributed by atoms with van der Waals surface area (Å²) in [6.07, 6.45) is -0.846. The number of rotatable bonds is 0. The number of nitrogens with one attached hydrogen (secondary N) is 1. The molecule has 0 radical (unpaired) electrons. The standard InChI is InChI=1S/C9H9BrFN/c10-7-1-2-8-6(3-7)4-12-5-9(8)11/h1-3,9,12H,4-5H2. The fourth-order valence-corrected chi connectivity index (χ4v) is 1.89. The van der Waals surface area contributed by atoms with Crippen molar-refractivity contribution in [2.45, 2.75) is 12.7 Å². The van der Waals surface area contributed by atoms with Crippen LogP contribution < -0.4 is 5.32 Å². The van der Waals surface area contributed by atoms with Gasteiger partial charge in [0.15, 0.2) is 0 Å². The van der Waals surface area contributed by atoms with Gasteiger partial charge in [-0.15, -0.1) is 0 Å². The van der Waals surface area contributed by atoms with E-state index in [0.717, 1.165) is 22.1 Å². The van der Waals surface area contributed by atoms with Gasteiger partial charge >= 0.3 is 0 Å². The summed E-state index contributed by atoms with van der Waals surface area (Å²) in [4.78, 5) is 0. The average Bonchev–Trinajstić information content (AvgIpc) is 2.04. The molecule has 1 aliphatic heterocycles. The van der Waals surface area contributed by atoms with Crippen LogP contribution >= 0.6 is 15.9 Å². The van der Waals surface area contributed by atoms with E-state index in [2.05, 4.69) is 21.2 Å². The van der Waals surface area contributed by atoms with Crippen LogP contribution in [0, 0.1) is 0 Å². The molecule has 64 valence electrons. The summed E-state index contributed by atoms with van der Waals surface area (Å²) in [6.45, 7) is 1.21. The molecule has 0 amide bonds. The van der Waals surface area contributed by atoms with E-state index in [-0.39, 0.29) is 0 Å². The summed E-state index contributed by atoms with van der Waals surface area (Å²) in [5, 5.41) is 3.02. The molecule has 2 rings (SSSR count). The molecule has 1 aromatic carbocycles. The van der Waals surface area contributed by atoms with Crippen LogP contribution in [-0.2, 0) is 6.54 Å². The molecule has 0 spiro atoms. The first-order chi connectivity index (χ1) is 5.77. The number of fused-ring (bicyclic) bond motifs is 1. The molecule has 1 unspecified atom stereocenters. The minimum absolute atomic E-state index is 0.439. The molecular weight excluding hydrogens is 221 g/mol. The quantitative estimate of drug-likeness (QED) is 0.722. The molecule has 1 N–H and O–H groups in total. The molecule has 1 heterocycles. The third-order valence-corrected chi connectivity index (χ3v) is 2.57. The van der Waals surface area contributed by atoms with Crippen LogP contribution in [0.25, 0.3) is 0 Å². The van der Waals surface area contributed by atoms with E-state index in [9.17, 15) is 4.39 Å². The van der Waals surface area contributed by atoms with Gasteiger partial charge in [0.2, 0.25) is 0 Å². The number of halogens is 2. The Morgan fingerprint density at radius 1 is 1.50 bits per heavy atom. The highest BCUT2D eigenvalue weighted by molar-refractivity contribution is 9.10. The Bertz CT molecular complexity index is 301. The number of hydrogen-bond donors (Lipinski definition) is 1. The zero-order valence-electron chi connectivity index (χ0n) is 6.48. The van der Waals surface area contributed by atoms with Crippen molar-refractivity contribution < 1.29 is 4.39 Å². The average molecular weight is 230 g/mol. The van der Waals surface area contributed by atoms with Gasteiger partial charge < -0.3 is 5.32 Å². The van der Waals surface area contributed by atoms with Crippen LogP contribution in [0.2, 0.25) is 0 Å². The highest BCUT2D eigenvalue weighted by Gasteiger charge is 2.18. The normalized spacial score (nSPS) is 22.0. The first kappa shape index (κ1) is 8.20. The second-order valence-corrected chi connectivity index (χ2v) is 3.86. The summed E-state index contributed by atoms with van der Waals surface area (Å²) in [6, 6.07) is 5.70. The molecule has 3 heteroatoms. The van der Waals surface area contributed by atoms with Gasteiger partial charge in [-0.1, -0.05) is 22.0 Å². The second kappa shape index (κ2) is 3.15. The van der Waals surface area contributed by atoms with Crippen LogP contribution in [-0.4, -0.2) is 6.54 Å². The molecule has 1 aromatic rings. The summed E-state index contributed by atoms with van der Waals surface area (Å²) < 4.78 is 14.2. The maximum Gasteiger partial charge on any atom is 0.138 e. The van der Waals surface area contributed by atoms with Crippen LogP contribution in [0.1, 0.15) is 17.3 Å². The molecular formula is C9H9BrFN. The lowest BCUT2D eigenvalue weighted by Crippen LogP contribution is -2.25. The van der Waals surface area contributed by atoms with Crippen molar-refractivity contribution in [1.82, 2.24) is 5.32 Å². The van der Waals surface area contributed by atoms with Crippen LogP contribution in [0.4, 0.5) is 4.39 Å². The number of hydrogen-bond acceptors (Lipinski definition) is 1. The predicted octanol–water partition coefficient (Wildman–Crippen LogP) is 2.56. The SMILES string of the molecule is FC1CNCc2cc(Br)ccc21. The van der Waals surface area contributed by atoms with E-state index in [1.165, 1.54) is 0 Å². The minimum atomic E-state index is -0.846. The maximum absolute atomic E-state index is 13.2. The lowest BCUT2D eigenvalue weighted by Gasteiger charge is -2.20. The smallest absolute Gasteiger partial charge is 0.138 e. The Morgan fingerprint density at radius 2 is 2.33 bits per heavy atom. The van der Waals surface area contributed by atoms with Crippen molar-refractivity contribution in [1.29, 1.82) is 0 Å². The van der Waals surface area contributed by atoms with Gasteiger partial charge in [-0.05, 0) is 23.3 Å². The van der Waals surface area contributed by atoms with Crippen molar-refractivity contribution in [2.75, 3.05) is 6.54 Å². The molecule has 0 aromatic heterocycles. The van der Waals surface area contributed by atoms with Gasteiger partial charge in [0.25, 0.3) is 0 Å². The Labute approximate surface area is 79.1 Å². The first-order valence-electron chi connectivity index (χ1n) is 3.90. The predicted molar refractivity (Wildman–Crippen MR) is 49.7 cm³/mol. The van der Waals surface area contributed by atoms with Crippen molar-refractivity contribution in [3.8, 4) is 0 Å². The van der Waals surface area contributed by atoms with Gasteiger partial charge in [0.1, 0.15) is 6.17 Å². The zero-order valence-corrected chi connectivity index (χ0v) is 8.07. The highest BCUT2D eigenvalue weighted by Crippen LogP contribution is 2.27. The Hall–Kier alpha value is -0.410. The third kappa shape index (κ3) is 1.39. The van der Waals surface area contributed by atoms with E-state index in [0.29, 0.717) is 6.54 Å². The molecule has 0 aliphatic carbocycles. The summed E-state index contributed by atoms with van der Waals surface area (Å²) >= 11 is 3.36. The molecule has 0 saturated heterocycles. The largest absolute Gasteiger partial charge is 0.309 e. The number of benzene rings is 1. The van der Waals surface area contributed by atoms with Gasteiger partial charge in [-0.2, -0.15) is 0 Å². The highest BCUT2D eigenvalue weighted by atomic mass is 79.9. The van der Waals surface area contributed by atoms with Gasteiger partial charge in [0.05, 0.1) is 0 Å². The fourth-order valence-electron chi connectivity index (χ4n) is 1.48. The first-order valence-corrected chi connectivity index (χ1v) is 4.70. The Kier molecular flexibility index (Phi) is 2.15. The van der Waals surface area contributed by atoms with Crippen molar-refractivity contribution >= 4 is 15.9 Å². The van der Waals surface area contributed by atoms with Crippen LogP contribution in [0.5, 0.6) is 0 Å². The molecule has 12 heavy (non-hydrogen) atoms. The minimum Gasteiger partial charge on any atom is -0.309 e. The molecule has 0 saturated carbocycles. The van der Waals surface area contributed by atoms with Gasteiger partial charge in [-0.25, -0.2) is 4.39 Å². The van der Waals surface area contributed by atoms with Crippen molar-refractivity contribution in [3.63, 3.8) is 0 Å². The topological polar surface area (TPSA) is 12.0 Å². The van der Waals surface area contributed by atoms with E-state index in [4.69, 9.17) is 0 Å². The summed E-state index contributed by atoms with van der Waals surface area (Å²) in [7, 11) is 0. The van der Waals surface area contributed by atoms with E-state index in [1.54, 1.807) is 0 Å². The summed E-state index contributed by atoms with van der Waals surface area (Å²) in [5.74, 6) is 0. The van der Waals surface area contributed by atoms with Gasteiger partial charge in [-0.3, -0.25) is 0 Å². The zero-order chi connectivity index (χ0) is 8.55. The lowest BCUT2D eigenvalue weighted by atomic mass is 10.0. The van der Waals surface area contributed by atoms with Crippen molar-refractivity contribution in [3.05, 3.63) is 33.8 Å². The Balaban J connectivity index is 2.46. The maximum atomic E-state index is 13.2. The molecule has 1 atom stereocenters. The van der Waals surface area contributed by atoms with Gasteiger partial charge in [0, 0.05) is 17.6 Å². The lowest BCUT2D eigenvalue weighted by molar-refractivity contribution is 0.310. The second-order valence-electron chi connectivity index (χ2n) is 2.94. The van der Waals surface area contributed by atoms with Crippen LogP contribution in [0.3, 0.4) is 0 Å². The number of alkyl halides is 1.